The first kappa shape index (κ1) is 15.8. The zero-order valence-corrected chi connectivity index (χ0v) is 13.7. The molecule has 2 rings (SSSR count). The maximum atomic E-state index is 12.4. The number of nitrogens with zero attached hydrogens (tertiary/aromatic N) is 1. The van der Waals surface area contributed by atoms with E-state index < -0.39 is 11.9 Å². The summed E-state index contributed by atoms with van der Waals surface area (Å²) < 4.78 is 11.2. The van der Waals surface area contributed by atoms with Crippen LogP contribution in [0.3, 0.4) is 0 Å². The zero-order valence-electron chi connectivity index (χ0n) is 11.6. The Balaban J connectivity index is 2.28. The van der Waals surface area contributed by atoms with Gasteiger partial charge in [0.1, 0.15) is 6.04 Å². The van der Waals surface area contributed by atoms with Gasteiger partial charge in [-0.25, -0.2) is 5.48 Å². The number of ether oxygens (including phenoxy) is 2. The van der Waals surface area contributed by atoms with Crippen LogP contribution in [0.25, 0.3) is 0 Å². The second kappa shape index (κ2) is 6.48. The predicted molar refractivity (Wildman–Crippen MR) is 81.6 cm³/mol. The van der Waals surface area contributed by atoms with Crippen molar-refractivity contribution in [2.24, 2.45) is 0 Å². The SMILES string of the molecule is COc1cc(C(=O)N2CC[C@@H]2C(=O)NO)cc(I)c1OC. The Hall–Kier alpha value is -1.55. The minimum absolute atomic E-state index is 0.284. The number of carbonyl (C=O) groups is 2. The summed E-state index contributed by atoms with van der Waals surface area (Å²) in [7, 11) is 3.02. The van der Waals surface area contributed by atoms with Gasteiger partial charge < -0.3 is 14.4 Å². The highest BCUT2D eigenvalue weighted by atomic mass is 127. The highest BCUT2D eigenvalue weighted by Gasteiger charge is 2.38. The lowest BCUT2D eigenvalue weighted by Gasteiger charge is -2.39. The van der Waals surface area contributed by atoms with Gasteiger partial charge in [-0.2, -0.15) is 0 Å². The fraction of sp³-hybridized carbons (Fsp3) is 0.385. The minimum atomic E-state index is -0.631. The molecule has 0 aromatic heterocycles. The third-order valence-corrected chi connectivity index (χ3v) is 4.18. The van der Waals surface area contributed by atoms with E-state index in [1.165, 1.54) is 19.1 Å². The summed E-state index contributed by atoms with van der Waals surface area (Å²) in [5.41, 5.74) is 1.99. The van der Waals surface area contributed by atoms with E-state index in [9.17, 15) is 9.59 Å². The Bertz CT molecular complexity index is 578. The number of hydrogen-bond acceptors (Lipinski definition) is 5. The number of likely N-dealkylation sites (tertiary alicyclic amines) is 1. The summed E-state index contributed by atoms with van der Waals surface area (Å²) in [6, 6.07) is 2.62. The van der Waals surface area contributed by atoms with Gasteiger partial charge in [-0.15, -0.1) is 0 Å². The zero-order chi connectivity index (χ0) is 15.6. The standard InChI is InChI=1S/C13H15IN2O5/c1-20-10-6-7(5-8(14)11(10)21-2)13(18)16-4-3-9(16)12(17)15-19/h5-6,9,19H,3-4H2,1-2H3,(H,15,17)/t9-/m1/s1. The van der Waals surface area contributed by atoms with Crippen LogP contribution in [0.15, 0.2) is 12.1 Å². The van der Waals surface area contributed by atoms with Gasteiger partial charge in [-0.1, -0.05) is 0 Å². The van der Waals surface area contributed by atoms with E-state index in [1.807, 2.05) is 0 Å². The fourth-order valence-electron chi connectivity index (χ4n) is 2.18. The normalized spacial score (nSPS) is 17.0. The van der Waals surface area contributed by atoms with Crippen molar-refractivity contribution < 1.29 is 24.3 Å². The highest BCUT2D eigenvalue weighted by molar-refractivity contribution is 14.1. The number of amides is 2. The maximum Gasteiger partial charge on any atom is 0.266 e. The molecule has 1 aliphatic rings. The van der Waals surface area contributed by atoms with Crippen molar-refractivity contribution in [1.82, 2.24) is 10.4 Å². The highest BCUT2D eigenvalue weighted by Crippen LogP contribution is 2.34. The molecule has 0 unspecified atom stereocenters. The van der Waals surface area contributed by atoms with Crippen molar-refractivity contribution in [2.45, 2.75) is 12.5 Å². The van der Waals surface area contributed by atoms with Crippen LogP contribution in [0.1, 0.15) is 16.8 Å². The molecule has 2 amide bonds. The minimum Gasteiger partial charge on any atom is -0.493 e. The molecular weight excluding hydrogens is 391 g/mol. The molecule has 0 aliphatic carbocycles. The average molecular weight is 406 g/mol. The van der Waals surface area contributed by atoms with Crippen molar-refractivity contribution in [1.29, 1.82) is 0 Å². The number of hydroxylamine groups is 1. The van der Waals surface area contributed by atoms with Gasteiger partial charge >= 0.3 is 0 Å². The number of nitrogens with one attached hydrogen (secondary N) is 1. The molecule has 0 radical (unpaired) electrons. The molecular formula is C13H15IN2O5. The summed E-state index contributed by atoms with van der Waals surface area (Å²) >= 11 is 2.05. The summed E-state index contributed by atoms with van der Waals surface area (Å²) in [4.78, 5) is 25.3. The molecule has 0 saturated carbocycles. The first-order valence-electron chi connectivity index (χ1n) is 6.20. The molecule has 1 aliphatic heterocycles. The van der Waals surface area contributed by atoms with Crippen molar-refractivity contribution in [3.63, 3.8) is 0 Å². The van der Waals surface area contributed by atoms with Gasteiger partial charge in [0.2, 0.25) is 0 Å². The number of benzene rings is 1. The third kappa shape index (κ3) is 2.91. The van der Waals surface area contributed by atoms with Crippen molar-refractivity contribution >= 4 is 34.4 Å². The van der Waals surface area contributed by atoms with Crippen LogP contribution in [0, 0.1) is 3.57 Å². The molecule has 1 aromatic rings. The fourth-order valence-corrected chi connectivity index (χ4v) is 3.01. The molecule has 1 atom stereocenters. The van der Waals surface area contributed by atoms with E-state index in [2.05, 4.69) is 22.6 Å². The summed E-state index contributed by atoms with van der Waals surface area (Å²) in [5.74, 6) is 0.151. The Morgan fingerprint density at radius 2 is 2.10 bits per heavy atom. The average Bonchev–Trinajstić information content (AvgIpc) is 2.44. The summed E-state index contributed by atoms with van der Waals surface area (Å²) in [6.07, 6.45) is 0.530. The summed E-state index contributed by atoms with van der Waals surface area (Å²) in [5, 5.41) is 8.66. The molecule has 1 aromatic carbocycles. The van der Waals surface area contributed by atoms with Crippen LogP contribution in [0.5, 0.6) is 11.5 Å². The first-order chi connectivity index (χ1) is 10.0. The summed E-state index contributed by atoms with van der Waals surface area (Å²) in [6.45, 7) is 0.474. The molecule has 1 saturated heterocycles. The van der Waals surface area contributed by atoms with E-state index in [4.69, 9.17) is 14.7 Å². The molecule has 21 heavy (non-hydrogen) atoms. The van der Waals surface area contributed by atoms with Crippen LogP contribution in [-0.4, -0.2) is 48.7 Å². The number of rotatable bonds is 4. The Morgan fingerprint density at radius 1 is 1.38 bits per heavy atom. The topological polar surface area (TPSA) is 88.1 Å². The molecule has 0 bridgehead atoms. The van der Waals surface area contributed by atoms with Gasteiger partial charge in [-0.05, 0) is 41.1 Å². The van der Waals surface area contributed by atoms with Crippen LogP contribution >= 0.6 is 22.6 Å². The second-order valence-electron chi connectivity index (χ2n) is 4.47. The lowest BCUT2D eigenvalue weighted by atomic mass is 10.0. The van der Waals surface area contributed by atoms with Crippen LogP contribution < -0.4 is 15.0 Å². The van der Waals surface area contributed by atoms with Crippen molar-refractivity contribution in [3.05, 3.63) is 21.3 Å². The largest absolute Gasteiger partial charge is 0.493 e. The first-order valence-corrected chi connectivity index (χ1v) is 7.27. The smallest absolute Gasteiger partial charge is 0.266 e. The van der Waals surface area contributed by atoms with Gasteiger partial charge in [0, 0.05) is 12.1 Å². The molecule has 0 spiro atoms. The quantitative estimate of drug-likeness (QED) is 0.443. The van der Waals surface area contributed by atoms with Crippen LogP contribution in [-0.2, 0) is 4.79 Å². The molecule has 8 heteroatoms. The van der Waals surface area contributed by atoms with Gasteiger partial charge in [0.25, 0.3) is 11.8 Å². The van der Waals surface area contributed by atoms with E-state index >= 15 is 0 Å². The molecule has 1 heterocycles. The van der Waals surface area contributed by atoms with Crippen molar-refractivity contribution in [2.75, 3.05) is 20.8 Å². The predicted octanol–water partition coefficient (Wildman–Crippen LogP) is 1.03. The maximum absolute atomic E-state index is 12.4. The molecule has 7 nitrogen and oxygen atoms in total. The van der Waals surface area contributed by atoms with E-state index in [0.717, 1.165) is 3.57 Å². The van der Waals surface area contributed by atoms with Gasteiger partial charge in [0.05, 0.1) is 17.8 Å². The van der Waals surface area contributed by atoms with Crippen molar-refractivity contribution in [3.8, 4) is 11.5 Å². The number of halogens is 1. The molecule has 114 valence electrons. The third-order valence-electron chi connectivity index (χ3n) is 3.37. The van der Waals surface area contributed by atoms with Crippen LogP contribution in [0.2, 0.25) is 0 Å². The number of methoxy groups -OCH3 is 2. The number of hydrogen-bond donors (Lipinski definition) is 2. The molecule has 1 fully saturated rings. The Kier molecular flexibility index (Phi) is 4.88. The second-order valence-corrected chi connectivity index (χ2v) is 5.63. The lowest BCUT2D eigenvalue weighted by molar-refractivity contribution is -0.137. The van der Waals surface area contributed by atoms with E-state index in [0.29, 0.717) is 30.0 Å². The van der Waals surface area contributed by atoms with Gasteiger partial charge in [0.15, 0.2) is 11.5 Å². The Labute approximate surface area is 135 Å². The Morgan fingerprint density at radius 3 is 2.57 bits per heavy atom. The lowest BCUT2D eigenvalue weighted by Crippen LogP contribution is -2.57. The van der Waals surface area contributed by atoms with E-state index in [-0.39, 0.29) is 5.91 Å². The number of carbonyl (C=O) groups excluding carboxylic acids is 2. The van der Waals surface area contributed by atoms with Crippen LogP contribution in [0.4, 0.5) is 0 Å². The van der Waals surface area contributed by atoms with Gasteiger partial charge in [-0.3, -0.25) is 14.8 Å². The monoisotopic (exact) mass is 406 g/mol. The molecule has 2 N–H and O–H groups in total. The van der Waals surface area contributed by atoms with E-state index in [1.54, 1.807) is 17.6 Å².